The van der Waals surface area contributed by atoms with Gasteiger partial charge in [-0.1, -0.05) is 44.2 Å². The molecule has 0 bridgehead atoms. The summed E-state index contributed by atoms with van der Waals surface area (Å²) in [6.07, 6.45) is 1.57. The lowest BCUT2D eigenvalue weighted by atomic mass is 10.1. The molecule has 0 saturated heterocycles. The van der Waals surface area contributed by atoms with E-state index in [4.69, 9.17) is 4.42 Å². The summed E-state index contributed by atoms with van der Waals surface area (Å²) in [5, 5.41) is 8.53. The van der Waals surface area contributed by atoms with Crippen molar-refractivity contribution in [3.8, 4) is 11.1 Å². The van der Waals surface area contributed by atoms with E-state index in [2.05, 4.69) is 28.6 Å². The average Bonchev–Trinajstić information content (AvgIpc) is 3.28. The van der Waals surface area contributed by atoms with Gasteiger partial charge in [0.25, 0.3) is 5.91 Å². The molecular formula is C19H20N4O2. The van der Waals surface area contributed by atoms with E-state index < -0.39 is 0 Å². The number of furan rings is 1. The van der Waals surface area contributed by atoms with Crippen molar-refractivity contribution in [1.82, 2.24) is 19.7 Å². The first kappa shape index (κ1) is 15.6. The van der Waals surface area contributed by atoms with Gasteiger partial charge in [0.1, 0.15) is 5.82 Å². The van der Waals surface area contributed by atoms with Crippen LogP contribution >= 0.6 is 0 Å². The van der Waals surface area contributed by atoms with Gasteiger partial charge in [-0.3, -0.25) is 4.79 Å². The summed E-state index contributed by atoms with van der Waals surface area (Å²) in [6.45, 7) is 5.99. The number of rotatable bonds is 3. The van der Waals surface area contributed by atoms with E-state index >= 15 is 0 Å². The van der Waals surface area contributed by atoms with E-state index in [1.807, 2.05) is 36.4 Å². The topological polar surface area (TPSA) is 64.2 Å². The maximum absolute atomic E-state index is 13.0. The van der Waals surface area contributed by atoms with Crippen LogP contribution in [0.2, 0.25) is 0 Å². The Hall–Kier alpha value is -2.89. The highest BCUT2D eigenvalue weighted by atomic mass is 16.3. The fraction of sp³-hybridized carbons (Fsp3) is 0.316. The lowest BCUT2D eigenvalue weighted by molar-refractivity contribution is 0.0675. The Kier molecular flexibility index (Phi) is 3.87. The molecule has 0 unspecified atom stereocenters. The number of carbonyl (C=O) groups is 1. The predicted octanol–water partition coefficient (Wildman–Crippen LogP) is 3.32. The minimum absolute atomic E-state index is 0.107. The number of nitrogens with zero attached hydrogens (tertiary/aromatic N) is 4. The molecule has 0 fully saturated rings. The Morgan fingerprint density at radius 3 is 2.68 bits per heavy atom. The number of fused-ring (bicyclic) bond motifs is 1. The Morgan fingerprint density at radius 1 is 1.12 bits per heavy atom. The second-order valence-corrected chi connectivity index (χ2v) is 6.54. The average molecular weight is 336 g/mol. The normalized spacial score (nSPS) is 14.0. The van der Waals surface area contributed by atoms with Gasteiger partial charge in [0, 0.05) is 24.6 Å². The Bertz CT molecular complexity index is 895. The quantitative estimate of drug-likeness (QED) is 0.736. The van der Waals surface area contributed by atoms with Crippen LogP contribution in [0.15, 0.2) is 47.1 Å². The molecule has 6 heteroatoms. The highest BCUT2D eigenvalue weighted by molar-refractivity contribution is 5.98. The second kappa shape index (κ2) is 6.20. The van der Waals surface area contributed by atoms with Gasteiger partial charge >= 0.3 is 0 Å². The predicted molar refractivity (Wildman–Crippen MR) is 93.0 cm³/mol. The van der Waals surface area contributed by atoms with Crippen molar-refractivity contribution in [3.05, 3.63) is 60.1 Å². The summed E-state index contributed by atoms with van der Waals surface area (Å²) in [4.78, 5) is 14.8. The molecule has 0 aliphatic carbocycles. The van der Waals surface area contributed by atoms with Crippen LogP contribution in [0.1, 0.15) is 42.0 Å². The smallest absolute Gasteiger partial charge is 0.290 e. The number of hydrogen-bond acceptors (Lipinski definition) is 4. The van der Waals surface area contributed by atoms with Gasteiger partial charge in [0.15, 0.2) is 11.6 Å². The summed E-state index contributed by atoms with van der Waals surface area (Å²) < 4.78 is 7.65. The Balaban J connectivity index is 1.60. The fourth-order valence-corrected chi connectivity index (χ4v) is 3.24. The summed E-state index contributed by atoms with van der Waals surface area (Å²) in [6, 6.07) is 11.6. The molecule has 0 N–H and O–H groups in total. The van der Waals surface area contributed by atoms with Gasteiger partial charge < -0.3 is 13.9 Å². The molecule has 0 atom stereocenters. The third kappa shape index (κ3) is 2.73. The van der Waals surface area contributed by atoms with E-state index in [1.54, 1.807) is 11.2 Å². The first-order valence-electron chi connectivity index (χ1n) is 8.49. The van der Waals surface area contributed by atoms with Crippen LogP contribution in [-0.2, 0) is 13.1 Å². The summed E-state index contributed by atoms with van der Waals surface area (Å²) in [5.41, 5.74) is 1.79. The highest BCUT2D eigenvalue weighted by Gasteiger charge is 2.29. The molecule has 2 aromatic heterocycles. The Labute approximate surface area is 146 Å². The Morgan fingerprint density at radius 2 is 1.92 bits per heavy atom. The lowest BCUT2D eigenvalue weighted by Gasteiger charge is -2.27. The first-order valence-corrected chi connectivity index (χ1v) is 8.49. The second-order valence-electron chi connectivity index (χ2n) is 6.54. The molecular weight excluding hydrogens is 316 g/mol. The molecule has 25 heavy (non-hydrogen) atoms. The summed E-state index contributed by atoms with van der Waals surface area (Å²) in [7, 11) is 0. The number of benzene rings is 1. The van der Waals surface area contributed by atoms with Crippen LogP contribution in [0.4, 0.5) is 0 Å². The van der Waals surface area contributed by atoms with E-state index in [0.29, 0.717) is 31.3 Å². The minimum Gasteiger partial charge on any atom is -0.459 e. The molecule has 4 rings (SSSR count). The van der Waals surface area contributed by atoms with Gasteiger partial charge in [-0.15, -0.1) is 10.2 Å². The monoisotopic (exact) mass is 336 g/mol. The third-order valence-corrected chi connectivity index (χ3v) is 4.53. The molecule has 0 saturated carbocycles. The van der Waals surface area contributed by atoms with Gasteiger partial charge in [-0.2, -0.15) is 0 Å². The molecule has 3 aromatic rings. The SMILES string of the molecule is CC(C)c1nnc2n1CCN(C(=O)c1occc1-c1ccccc1)C2. The molecule has 0 radical (unpaired) electrons. The zero-order chi connectivity index (χ0) is 17.4. The molecule has 1 aliphatic rings. The van der Waals surface area contributed by atoms with Gasteiger partial charge in [-0.05, 0) is 11.6 Å². The van der Waals surface area contributed by atoms with Crippen molar-refractivity contribution in [3.63, 3.8) is 0 Å². The lowest BCUT2D eigenvalue weighted by Crippen LogP contribution is -2.38. The van der Waals surface area contributed by atoms with Crippen LogP contribution in [0, 0.1) is 0 Å². The molecule has 128 valence electrons. The maximum atomic E-state index is 13.0. The maximum Gasteiger partial charge on any atom is 0.290 e. The van der Waals surface area contributed by atoms with Crippen molar-refractivity contribution in [2.75, 3.05) is 6.54 Å². The number of hydrogen-bond donors (Lipinski definition) is 0. The van der Waals surface area contributed by atoms with Gasteiger partial charge in [0.05, 0.1) is 12.8 Å². The minimum atomic E-state index is -0.107. The van der Waals surface area contributed by atoms with E-state index in [9.17, 15) is 4.79 Å². The molecule has 1 aliphatic heterocycles. The van der Waals surface area contributed by atoms with Gasteiger partial charge in [-0.25, -0.2) is 0 Å². The van der Waals surface area contributed by atoms with Crippen LogP contribution < -0.4 is 0 Å². The number of amides is 1. The van der Waals surface area contributed by atoms with Crippen molar-refractivity contribution in [2.45, 2.75) is 32.9 Å². The van der Waals surface area contributed by atoms with Crippen molar-refractivity contribution in [1.29, 1.82) is 0 Å². The van der Waals surface area contributed by atoms with Crippen LogP contribution in [-0.4, -0.2) is 32.1 Å². The molecule has 3 heterocycles. The standard InChI is InChI=1S/C19H20N4O2/c1-13(2)18-21-20-16-12-22(9-10-23(16)18)19(24)17-15(8-11-25-17)14-6-4-3-5-7-14/h3-8,11,13H,9-10,12H2,1-2H3. The zero-order valence-electron chi connectivity index (χ0n) is 14.3. The number of carbonyl (C=O) groups excluding carboxylic acids is 1. The van der Waals surface area contributed by atoms with Crippen molar-refractivity contribution < 1.29 is 9.21 Å². The zero-order valence-corrected chi connectivity index (χ0v) is 14.3. The largest absolute Gasteiger partial charge is 0.459 e. The third-order valence-electron chi connectivity index (χ3n) is 4.53. The van der Waals surface area contributed by atoms with E-state index in [0.717, 1.165) is 22.8 Å². The molecule has 1 aromatic carbocycles. The molecule has 0 spiro atoms. The summed E-state index contributed by atoms with van der Waals surface area (Å²) in [5.74, 6) is 2.40. The summed E-state index contributed by atoms with van der Waals surface area (Å²) >= 11 is 0. The van der Waals surface area contributed by atoms with Gasteiger partial charge in [0.2, 0.25) is 0 Å². The molecule has 1 amide bonds. The van der Waals surface area contributed by atoms with E-state index in [1.165, 1.54) is 0 Å². The van der Waals surface area contributed by atoms with E-state index in [-0.39, 0.29) is 5.91 Å². The number of aromatic nitrogens is 3. The van der Waals surface area contributed by atoms with Crippen molar-refractivity contribution >= 4 is 5.91 Å². The van der Waals surface area contributed by atoms with Crippen LogP contribution in [0.3, 0.4) is 0 Å². The first-order chi connectivity index (χ1) is 12.1. The van der Waals surface area contributed by atoms with Crippen molar-refractivity contribution in [2.24, 2.45) is 0 Å². The highest BCUT2D eigenvalue weighted by Crippen LogP contribution is 2.27. The molecule has 6 nitrogen and oxygen atoms in total. The van der Waals surface area contributed by atoms with Crippen LogP contribution in [0.25, 0.3) is 11.1 Å². The van der Waals surface area contributed by atoms with Crippen LogP contribution in [0.5, 0.6) is 0 Å². The fourth-order valence-electron chi connectivity index (χ4n) is 3.24.